The van der Waals surface area contributed by atoms with Gasteiger partial charge in [0, 0.05) is 12.1 Å². The van der Waals surface area contributed by atoms with Crippen LogP contribution in [0.3, 0.4) is 0 Å². The molecule has 1 heterocycles. The van der Waals surface area contributed by atoms with Crippen molar-refractivity contribution in [2.75, 3.05) is 26.7 Å². The van der Waals surface area contributed by atoms with Crippen LogP contribution in [0.25, 0.3) is 0 Å². The SMILES string of the molecule is COc1ccccc1[C@@H](CNC(=O)[C@H](NC(=O)Cc1ccccc1)C(C)C)N1CCCC1. The fourth-order valence-corrected chi connectivity index (χ4v) is 4.28. The van der Waals surface area contributed by atoms with Crippen LogP contribution in [-0.4, -0.2) is 49.5 Å². The van der Waals surface area contributed by atoms with Crippen molar-refractivity contribution in [3.63, 3.8) is 0 Å². The fourth-order valence-electron chi connectivity index (χ4n) is 4.28. The zero-order chi connectivity index (χ0) is 22.9. The van der Waals surface area contributed by atoms with Crippen molar-refractivity contribution in [3.05, 3.63) is 65.7 Å². The van der Waals surface area contributed by atoms with Gasteiger partial charge in [-0.2, -0.15) is 0 Å². The van der Waals surface area contributed by atoms with Crippen LogP contribution in [0.2, 0.25) is 0 Å². The van der Waals surface area contributed by atoms with Crippen LogP contribution >= 0.6 is 0 Å². The van der Waals surface area contributed by atoms with E-state index in [9.17, 15) is 9.59 Å². The highest BCUT2D eigenvalue weighted by molar-refractivity contribution is 5.88. The van der Waals surface area contributed by atoms with E-state index in [-0.39, 0.29) is 30.2 Å². The number of methoxy groups -OCH3 is 1. The van der Waals surface area contributed by atoms with Gasteiger partial charge in [-0.05, 0) is 43.5 Å². The zero-order valence-corrected chi connectivity index (χ0v) is 19.3. The molecule has 2 atom stereocenters. The largest absolute Gasteiger partial charge is 0.496 e. The first-order chi connectivity index (χ1) is 15.5. The Morgan fingerprint density at radius 1 is 1.00 bits per heavy atom. The highest BCUT2D eigenvalue weighted by Gasteiger charge is 2.29. The number of ether oxygens (including phenoxy) is 1. The second-order valence-corrected chi connectivity index (χ2v) is 8.70. The van der Waals surface area contributed by atoms with Gasteiger partial charge in [0.2, 0.25) is 11.8 Å². The molecule has 2 aromatic carbocycles. The normalized spacial score (nSPS) is 15.9. The molecule has 1 aliphatic rings. The zero-order valence-electron chi connectivity index (χ0n) is 19.3. The van der Waals surface area contributed by atoms with Gasteiger partial charge in [0.05, 0.1) is 19.6 Å². The summed E-state index contributed by atoms with van der Waals surface area (Å²) in [5, 5.41) is 6.04. The summed E-state index contributed by atoms with van der Waals surface area (Å²) in [4.78, 5) is 28.1. The molecule has 32 heavy (non-hydrogen) atoms. The topological polar surface area (TPSA) is 70.7 Å². The molecule has 0 aliphatic carbocycles. The number of nitrogens with one attached hydrogen (secondary N) is 2. The summed E-state index contributed by atoms with van der Waals surface area (Å²) in [5.41, 5.74) is 2.00. The molecule has 0 saturated carbocycles. The molecule has 0 spiro atoms. The molecule has 2 amide bonds. The fraction of sp³-hybridized carbons (Fsp3) is 0.462. The minimum atomic E-state index is -0.580. The number of para-hydroxylation sites is 1. The lowest BCUT2D eigenvalue weighted by Gasteiger charge is -2.30. The lowest BCUT2D eigenvalue weighted by molar-refractivity contribution is -0.129. The van der Waals surface area contributed by atoms with Gasteiger partial charge in [-0.1, -0.05) is 62.4 Å². The van der Waals surface area contributed by atoms with Gasteiger partial charge in [-0.15, -0.1) is 0 Å². The molecule has 2 N–H and O–H groups in total. The summed E-state index contributed by atoms with van der Waals surface area (Å²) >= 11 is 0. The summed E-state index contributed by atoms with van der Waals surface area (Å²) in [6.45, 7) is 6.37. The van der Waals surface area contributed by atoms with E-state index in [0.29, 0.717) is 6.54 Å². The van der Waals surface area contributed by atoms with Crippen LogP contribution in [0.15, 0.2) is 54.6 Å². The van der Waals surface area contributed by atoms with Gasteiger partial charge in [0.1, 0.15) is 11.8 Å². The summed E-state index contributed by atoms with van der Waals surface area (Å²) < 4.78 is 5.59. The molecule has 2 aromatic rings. The van der Waals surface area contributed by atoms with Crippen molar-refractivity contribution in [1.82, 2.24) is 15.5 Å². The molecule has 172 valence electrons. The van der Waals surface area contributed by atoms with Gasteiger partial charge >= 0.3 is 0 Å². The van der Waals surface area contributed by atoms with Crippen LogP contribution in [-0.2, 0) is 16.0 Å². The minimum Gasteiger partial charge on any atom is -0.496 e. The number of benzene rings is 2. The third-order valence-electron chi connectivity index (χ3n) is 6.02. The number of likely N-dealkylation sites (tertiary alicyclic amines) is 1. The van der Waals surface area contributed by atoms with Crippen molar-refractivity contribution < 1.29 is 14.3 Å². The second-order valence-electron chi connectivity index (χ2n) is 8.70. The molecule has 0 radical (unpaired) electrons. The van der Waals surface area contributed by atoms with E-state index in [4.69, 9.17) is 4.74 Å². The molecule has 6 nitrogen and oxygen atoms in total. The molecule has 0 unspecified atom stereocenters. The Balaban J connectivity index is 1.66. The molecular weight excluding hydrogens is 402 g/mol. The Morgan fingerprint density at radius 3 is 2.31 bits per heavy atom. The summed E-state index contributed by atoms with van der Waals surface area (Å²) in [6, 6.07) is 17.0. The monoisotopic (exact) mass is 437 g/mol. The molecule has 1 aliphatic heterocycles. The molecular formula is C26H35N3O3. The van der Waals surface area contributed by atoms with E-state index < -0.39 is 6.04 Å². The standard InChI is InChI=1S/C26H35N3O3/c1-19(2)25(28-24(30)17-20-11-5-4-6-12-20)26(31)27-18-22(29-15-9-10-16-29)21-13-7-8-14-23(21)32-3/h4-8,11-14,19,22,25H,9-10,15-18H2,1-3H3,(H,27,31)(H,28,30)/t22-,25-/m1/s1. The van der Waals surface area contributed by atoms with E-state index in [2.05, 4.69) is 21.6 Å². The third-order valence-corrected chi connectivity index (χ3v) is 6.02. The summed E-state index contributed by atoms with van der Waals surface area (Å²) in [5.74, 6) is 0.507. The Hall–Kier alpha value is -2.86. The Kier molecular flexibility index (Phi) is 8.68. The molecule has 6 heteroatoms. The maximum Gasteiger partial charge on any atom is 0.242 e. The lowest BCUT2D eigenvalue weighted by atomic mass is 10.0. The number of nitrogens with zero attached hydrogens (tertiary/aromatic N) is 1. The Morgan fingerprint density at radius 2 is 1.66 bits per heavy atom. The van der Waals surface area contributed by atoms with Crippen molar-refractivity contribution in [3.8, 4) is 5.75 Å². The van der Waals surface area contributed by atoms with Gasteiger partial charge in [-0.3, -0.25) is 14.5 Å². The predicted octanol–water partition coefficient (Wildman–Crippen LogP) is 3.33. The van der Waals surface area contributed by atoms with Crippen molar-refractivity contribution in [2.24, 2.45) is 5.92 Å². The van der Waals surface area contributed by atoms with E-state index in [1.165, 1.54) is 0 Å². The van der Waals surface area contributed by atoms with E-state index >= 15 is 0 Å². The first-order valence-corrected chi connectivity index (χ1v) is 11.5. The van der Waals surface area contributed by atoms with E-state index in [0.717, 1.165) is 42.8 Å². The average Bonchev–Trinajstić information content (AvgIpc) is 3.33. The van der Waals surface area contributed by atoms with Crippen LogP contribution in [0.1, 0.15) is 43.9 Å². The first-order valence-electron chi connectivity index (χ1n) is 11.5. The smallest absolute Gasteiger partial charge is 0.242 e. The quantitative estimate of drug-likeness (QED) is 0.598. The predicted molar refractivity (Wildman–Crippen MR) is 126 cm³/mol. The van der Waals surface area contributed by atoms with Crippen LogP contribution in [0.5, 0.6) is 5.75 Å². The van der Waals surface area contributed by atoms with Crippen LogP contribution in [0.4, 0.5) is 0 Å². The lowest BCUT2D eigenvalue weighted by Crippen LogP contribution is -2.51. The van der Waals surface area contributed by atoms with Crippen LogP contribution in [0, 0.1) is 5.92 Å². The van der Waals surface area contributed by atoms with Gasteiger partial charge < -0.3 is 15.4 Å². The van der Waals surface area contributed by atoms with E-state index in [1.54, 1.807) is 7.11 Å². The number of rotatable bonds is 10. The average molecular weight is 438 g/mol. The third kappa shape index (κ3) is 6.33. The van der Waals surface area contributed by atoms with Crippen LogP contribution < -0.4 is 15.4 Å². The number of hydrogen-bond donors (Lipinski definition) is 2. The maximum atomic E-state index is 13.1. The number of carbonyl (C=O) groups is 2. The van der Waals surface area contributed by atoms with Gasteiger partial charge in [0.15, 0.2) is 0 Å². The minimum absolute atomic E-state index is 0.0220. The first kappa shape index (κ1) is 23.8. The second kappa shape index (κ2) is 11.7. The number of carbonyl (C=O) groups excluding carboxylic acids is 2. The molecule has 0 aromatic heterocycles. The van der Waals surface area contributed by atoms with Gasteiger partial charge in [-0.25, -0.2) is 0 Å². The highest BCUT2D eigenvalue weighted by atomic mass is 16.5. The molecule has 1 saturated heterocycles. The van der Waals surface area contributed by atoms with Crippen molar-refractivity contribution >= 4 is 11.8 Å². The molecule has 1 fully saturated rings. The Bertz CT molecular complexity index is 879. The number of hydrogen-bond acceptors (Lipinski definition) is 4. The summed E-state index contributed by atoms with van der Waals surface area (Å²) in [7, 11) is 1.68. The van der Waals surface area contributed by atoms with Crippen molar-refractivity contribution in [1.29, 1.82) is 0 Å². The maximum absolute atomic E-state index is 13.1. The molecule has 0 bridgehead atoms. The summed E-state index contributed by atoms with van der Waals surface area (Å²) in [6.07, 6.45) is 2.57. The van der Waals surface area contributed by atoms with E-state index in [1.807, 2.05) is 62.4 Å². The number of amides is 2. The van der Waals surface area contributed by atoms with Crippen molar-refractivity contribution in [2.45, 2.75) is 45.2 Å². The van der Waals surface area contributed by atoms with Gasteiger partial charge in [0.25, 0.3) is 0 Å². The molecule has 3 rings (SSSR count). The Labute approximate surface area is 191 Å². The highest BCUT2D eigenvalue weighted by Crippen LogP contribution is 2.31.